The fraction of sp³-hybridized carbons (Fsp3) is 0.172. The van der Waals surface area contributed by atoms with E-state index < -0.39 is 5.95 Å². The Labute approximate surface area is 198 Å². The number of aromatic amines is 1. The number of aromatic nitrogens is 2. The van der Waals surface area contributed by atoms with Crippen LogP contribution in [0, 0.1) is 11.9 Å². The number of carbonyl (C=O) groups is 1. The number of rotatable bonds is 6. The Morgan fingerprint density at radius 2 is 1.74 bits per heavy atom. The molecule has 0 saturated heterocycles. The number of hydrogen-bond acceptors (Lipinski definition) is 2. The molecular weight excluding hydrogens is 425 g/mol. The van der Waals surface area contributed by atoms with Gasteiger partial charge in [0.25, 0.3) is 0 Å². The summed E-state index contributed by atoms with van der Waals surface area (Å²) in [5.41, 5.74) is 7.17. The van der Waals surface area contributed by atoms with Gasteiger partial charge in [-0.25, -0.2) is 0 Å². The molecule has 5 heteroatoms. The zero-order chi connectivity index (χ0) is 23.5. The lowest BCUT2D eigenvalue weighted by Gasteiger charge is -2.31. The number of benzene rings is 3. The van der Waals surface area contributed by atoms with E-state index in [0.717, 1.165) is 35.1 Å². The van der Waals surface area contributed by atoms with Gasteiger partial charge in [0.1, 0.15) is 0 Å². The SMILES string of the molecule is CNC(=O)C=Cc1ccc(C(=C(c2ccccc2)C2CCC2)c2ccc3n[nH]c(F)c3c2)cc1. The van der Waals surface area contributed by atoms with Gasteiger partial charge in [-0.2, -0.15) is 9.49 Å². The molecular formula is C29H26FN3O. The van der Waals surface area contributed by atoms with Crippen molar-refractivity contribution < 1.29 is 9.18 Å². The normalized spacial score (nSPS) is 14.8. The van der Waals surface area contributed by atoms with Gasteiger partial charge in [-0.05, 0) is 70.4 Å². The zero-order valence-electron chi connectivity index (χ0n) is 19.0. The molecule has 1 amide bonds. The van der Waals surface area contributed by atoms with Crippen LogP contribution >= 0.6 is 0 Å². The summed E-state index contributed by atoms with van der Waals surface area (Å²) in [6.07, 6.45) is 6.81. The maximum atomic E-state index is 14.4. The fourth-order valence-electron chi connectivity index (χ4n) is 4.53. The van der Waals surface area contributed by atoms with Crippen LogP contribution in [-0.2, 0) is 4.79 Å². The Morgan fingerprint density at radius 3 is 2.41 bits per heavy atom. The van der Waals surface area contributed by atoms with Gasteiger partial charge in [0.2, 0.25) is 11.9 Å². The van der Waals surface area contributed by atoms with Gasteiger partial charge in [0.05, 0.1) is 10.9 Å². The number of nitrogens with zero attached hydrogens (tertiary/aromatic N) is 1. The highest BCUT2D eigenvalue weighted by Gasteiger charge is 2.27. The second kappa shape index (κ2) is 9.48. The van der Waals surface area contributed by atoms with E-state index in [0.29, 0.717) is 16.8 Å². The summed E-state index contributed by atoms with van der Waals surface area (Å²) in [4.78, 5) is 11.6. The van der Waals surface area contributed by atoms with Gasteiger partial charge < -0.3 is 5.32 Å². The summed E-state index contributed by atoms with van der Waals surface area (Å²) in [7, 11) is 1.61. The van der Waals surface area contributed by atoms with Gasteiger partial charge in [-0.1, -0.05) is 67.1 Å². The van der Waals surface area contributed by atoms with Crippen LogP contribution in [0.25, 0.3) is 28.1 Å². The lowest BCUT2D eigenvalue weighted by Crippen LogP contribution is -2.15. The van der Waals surface area contributed by atoms with Crippen LogP contribution in [0.3, 0.4) is 0 Å². The Morgan fingerprint density at radius 1 is 1.00 bits per heavy atom. The minimum absolute atomic E-state index is 0.142. The molecule has 0 radical (unpaired) electrons. The highest BCUT2D eigenvalue weighted by molar-refractivity contribution is 6.01. The maximum absolute atomic E-state index is 14.4. The Kier molecular flexibility index (Phi) is 6.09. The molecule has 1 heterocycles. The number of nitrogens with one attached hydrogen (secondary N) is 2. The van der Waals surface area contributed by atoms with E-state index in [1.807, 2.05) is 36.4 Å². The van der Waals surface area contributed by atoms with Gasteiger partial charge >= 0.3 is 0 Å². The smallest absolute Gasteiger partial charge is 0.243 e. The first kappa shape index (κ1) is 21.8. The first-order chi connectivity index (χ1) is 16.6. The van der Waals surface area contributed by atoms with Crippen molar-refractivity contribution in [3.8, 4) is 0 Å². The summed E-state index contributed by atoms with van der Waals surface area (Å²) in [6, 6.07) is 24.4. The van der Waals surface area contributed by atoms with E-state index >= 15 is 0 Å². The van der Waals surface area contributed by atoms with Crippen LogP contribution in [0.5, 0.6) is 0 Å². The largest absolute Gasteiger partial charge is 0.356 e. The number of fused-ring (bicyclic) bond motifs is 1. The molecule has 4 aromatic rings. The van der Waals surface area contributed by atoms with Crippen LogP contribution in [0.4, 0.5) is 4.39 Å². The predicted molar refractivity (Wildman–Crippen MR) is 135 cm³/mol. The molecule has 0 bridgehead atoms. The van der Waals surface area contributed by atoms with Crippen molar-refractivity contribution in [2.45, 2.75) is 19.3 Å². The van der Waals surface area contributed by atoms with E-state index in [2.05, 4.69) is 51.9 Å². The lowest BCUT2D eigenvalue weighted by atomic mass is 9.73. The number of halogens is 1. The average molecular weight is 452 g/mol. The van der Waals surface area contributed by atoms with Crippen LogP contribution < -0.4 is 5.32 Å². The molecule has 170 valence electrons. The summed E-state index contributed by atoms with van der Waals surface area (Å²) in [5.74, 6) is -0.109. The number of likely N-dealkylation sites (N-methyl/N-ethyl adjacent to an activating group) is 1. The molecule has 0 aliphatic heterocycles. The molecule has 1 saturated carbocycles. The maximum Gasteiger partial charge on any atom is 0.243 e. The third-order valence-electron chi connectivity index (χ3n) is 6.54. The molecule has 1 aliphatic rings. The second-order valence-electron chi connectivity index (χ2n) is 8.62. The molecule has 1 aromatic heterocycles. The van der Waals surface area contributed by atoms with Gasteiger partial charge in [0.15, 0.2) is 0 Å². The third-order valence-corrected chi connectivity index (χ3v) is 6.54. The van der Waals surface area contributed by atoms with Crippen LogP contribution in [0.15, 0.2) is 78.9 Å². The molecule has 0 atom stereocenters. The molecule has 2 N–H and O–H groups in total. The van der Waals surface area contributed by atoms with E-state index in [1.54, 1.807) is 13.1 Å². The lowest BCUT2D eigenvalue weighted by molar-refractivity contribution is -0.115. The van der Waals surface area contributed by atoms with Crippen molar-refractivity contribution >= 4 is 34.0 Å². The van der Waals surface area contributed by atoms with Crippen molar-refractivity contribution in [3.05, 3.63) is 107 Å². The molecule has 3 aromatic carbocycles. The number of allylic oxidation sites excluding steroid dienone is 1. The average Bonchev–Trinajstić information content (AvgIpc) is 3.22. The first-order valence-electron chi connectivity index (χ1n) is 11.6. The van der Waals surface area contributed by atoms with Crippen LogP contribution in [-0.4, -0.2) is 23.2 Å². The Bertz CT molecular complexity index is 1380. The minimum atomic E-state index is -0.421. The monoisotopic (exact) mass is 451 g/mol. The highest BCUT2D eigenvalue weighted by Crippen LogP contribution is 2.45. The molecule has 1 fully saturated rings. The van der Waals surface area contributed by atoms with E-state index in [-0.39, 0.29) is 5.91 Å². The molecule has 4 nitrogen and oxygen atoms in total. The fourth-order valence-corrected chi connectivity index (χ4v) is 4.53. The zero-order valence-corrected chi connectivity index (χ0v) is 19.0. The first-order valence-corrected chi connectivity index (χ1v) is 11.6. The van der Waals surface area contributed by atoms with Gasteiger partial charge in [-0.15, -0.1) is 0 Å². The van der Waals surface area contributed by atoms with Crippen molar-refractivity contribution in [3.63, 3.8) is 0 Å². The Balaban J connectivity index is 1.69. The number of amides is 1. The van der Waals surface area contributed by atoms with E-state index in [4.69, 9.17) is 0 Å². The van der Waals surface area contributed by atoms with Crippen molar-refractivity contribution in [1.29, 1.82) is 0 Å². The molecule has 0 spiro atoms. The van der Waals surface area contributed by atoms with Gasteiger partial charge in [0, 0.05) is 13.1 Å². The number of H-pyrrole nitrogens is 1. The molecule has 0 unspecified atom stereocenters. The second-order valence-corrected chi connectivity index (χ2v) is 8.62. The predicted octanol–water partition coefficient (Wildman–Crippen LogP) is 6.22. The topological polar surface area (TPSA) is 57.8 Å². The molecule has 5 rings (SSSR count). The van der Waals surface area contributed by atoms with E-state index in [1.165, 1.54) is 23.6 Å². The number of hydrogen-bond donors (Lipinski definition) is 2. The van der Waals surface area contributed by atoms with Crippen LogP contribution in [0.2, 0.25) is 0 Å². The quantitative estimate of drug-likeness (QED) is 0.270. The van der Waals surface area contributed by atoms with Crippen molar-refractivity contribution in [1.82, 2.24) is 15.5 Å². The van der Waals surface area contributed by atoms with E-state index in [9.17, 15) is 9.18 Å². The third kappa shape index (κ3) is 4.29. The minimum Gasteiger partial charge on any atom is -0.356 e. The number of carbonyl (C=O) groups excluding carboxylic acids is 1. The van der Waals surface area contributed by atoms with Crippen molar-refractivity contribution in [2.75, 3.05) is 7.05 Å². The summed E-state index contributed by atoms with van der Waals surface area (Å²) in [5, 5.41) is 9.58. The summed E-state index contributed by atoms with van der Waals surface area (Å²) < 4.78 is 14.4. The summed E-state index contributed by atoms with van der Waals surface area (Å²) in [6.45, 7) is 0. The summed E-state index contributed by atoms with van der Waals surface area (Å²) >= 11 is 0. The standard InChI is InChI=1S/C29H26FN3O/c1-31-26(34)17-12-19-10-13-22(14-11-19)28(23-15-16-25-24(18-23)29(30)33-32-25)27(21-8-5-9-21)20-6-3-2-4-7-20/h2-4,6-7,10-18,21H,5,8-9H2,1H3,(H,31,34)(H,32,33). The highest BCUT2D eigenvalue weighted by atomic mass is 19.1. The Hall–Kier alpha value is -3.99. The van der Waals surface area contributed by atoms with Crippen molar-refractivity contribution in [2.24, 2.45) is 5.92 Å². The molecule has 34 heavy (non-hydrogen) atoms. The molecule has 1 aliphatic carbocycles. The van der Waals surface area contributed by atoms with Gasteiger partial charge in [-0.3, -0.25) is 9.89 Å². The van der Waals surface area contributed by atoms with Crippen LogP contribution in [0.1, 0.15) is 41.5 Å².